The molecule has 1 aliphatic rings. The summed E-state index contributed by atoms with van der Waals surface area (Å²) in [7, 11) is 0. The van der Waals surface area contributed by atoms with Crippen molar-refractivity contribution in [1.29, 1.82) is 0 Å². The zero-order valence-electron chi connectivity index (χ0n) is 13.4. The number of rotatable bonds is 5. The highest BCUT2D eigenvalue weighted by Crippen LogP contribution is 2.35. The Hall–Kier alpha value is -2.07. The van der Waals surface area contributed by atoms with Crippen LogP contribution in [0.25, 0.3) is 0 Å². The van der Waals surface area contributed by atoms with Gasteiger partial charge in [0.05, 0.1) is 5.75 Å². The second-order valence-corrected chi connectivity index (χ2v) is 7.66. The van der Waals surface area contributed by atoms with Crippen LogP contribution in [-0.2, 0) is 0 Å². The molecule has 2 aromatic carbocycles. The molecular formula is C18H13IN2O4S. The molecular weight excluding hydrogens is 467 g/mol. The standard InChI is InChI=1S/C18H13IN2O4S/c19-12-7-5-11(6-8-12)13(22)10-26-18-21-20-17(25-18)16-9-23-14-3-1-2-4-15(14)24-16/h1-8,16H,9-10H2. The van der Waals surface area contributed by atoms with Crippen LogP contribution in [0.3, 0.4) is 0 Å². The largest absolute Gasteiger partial charge is 0.485 e. The monoisotopic (exact) mass is 480 g/mol. The molecule has 0 N–H and O–H groups in total. The number of halogens is 1. The van der Waals surface area contributed by atoms with E-state index in [0.717, 1.165) is 3.57 Å². The van der Waals surface area contributed by atoms with E-state index >= 15 is 0 Å². The number of carbonyl (C=O) groups is 1. The molecule has 0 bridgehead atoms. The van der Waals surface area contributed by atoms with Crippen molar-refractivity contribution in [2.45, 2.75) is 11.3 Å². The minimum Gasteiger partial charge on any atom is -0.485 e. The van der Waals surface area contributed by atoms with E-state index in [1.807, 2.05) is 48.5 Å². The van der Waals surface area contributed by atoms with Crippen molar-refractivity contribution in [2.24, 2.45) is 0 Å². The Morgan fingerprint density at radius 2 is 1.88 bits per heavy atom. The summed E-state index contributed by atoms with van der Waals surface area (Å²) in [5.74, 6) is 1.92. The van der Waals surface area contributed by atoms with Gasteiger partial charge in [0.1, 0.15) is 6.61 Å². The molecule has 4 rings (SSSR count). The van der Waals surface area contributed by atoms with Gasteiger partial charge in [0, 0.05) is 9.13 Å². The topological polar surface area (TPSA) is 74.5 Å². The van der Waals surface area contributed by atoms with Crippen LogP contribution in [0.15, 0.2) is 58.2 Å². The summed E-state index contributed by atoms with van der Waals surface area (Å²) in [4.78, 5) is 12.2. The fourth-order valence-corrected chi connectivity index (χ4v) is 3.42. The smallest absolute Gasteiger partial charge is 0.277 e. The molecule has 0 saturated heterocycles. The first-order valence-electron chi connectivity index (χ1n) is 7.82. The number of fused-ring (bicyclic) bond motifs is 1. The Morgan fingerprint density at radius 3 is 2.69 bits per heavy atom. The first-order valence-corrected chi connectivity index (χ1v) is 9.89. The molecule has 0 spiro atoms. The van der Waals surface area contributed by atoms with Crippen molar-refractivity contribution in [3.8, 4) is 11.5 Å². The van der Waals surface area contributed by atoms with Gasteiger partial charge in [0.25, 0.3) is 11.1 Å². The number of carbonyl (C=O) groups excluding carboxylic acids is 1. The molecule has 1 aromatic heterocycles. The predicted octanol–water partition coefficient (Wildman–Crippen LogP) is 4.16. The van der Waals surface area contributed by atoms with Crippen molar-refractivity contribution in [1.82, 2.24) is 10.2 Å². The normalized spacial score (nSPS) is 15.7. The third kappa shape index (κ3) is 3.85. The molecule has 26 heavy (non-hydrogen) atoms. The average Bonchev–Trinajstić information content (AvgIpc) is 3.15. The summed E-state index contributed by atoms with van der Waals surface area (Å²) in [6.45, 7) is 0.297. The van der Waals surface area contributed by atoms with Gasteiger partial charge in [-0.25, -0.2) is 0 Å². The van der Waals surface area contributed by atoms with Crippen LogP contribution >= 0.6 is 34.4 Å². The summed E-state index contributed by atoms with van der Waals surface area (Å²) >= 11 is 3.41. The van der Waals surface area contributed by atoms with E-state index in [-0.39, 0.29) is 11.5 Å². The number of hydrogen-bond donors (Lipinski definition) is 0. The molecule has 1 unspecified atom stereocenters. The first-order chi connectivity index (χ1) is 12.7. The SMILES string of the molecule is O=C(CSc1nnc(C2COc3ccccc3O2)o1)c1ccc(I)cc1. The van der Waals surface area contributed by atoms with Crippen LogP contribution in [-0.4, -0.2) is 28.3 Å². The maximum atomic E-state index is 12.2. The molecule has 6 nitrogen and oxygen atoms in total. The lowest BCUT2D eigenvalue weighted by molar-refractivity contribution is 0.0686. The molecule has 0 amide bonds. The zero-order chi connectivity index (χ0) is 17.9. The fraction of sp³-hybridized carbons (Fsp3) is 0.167. The minimum absolute atomic E-state index is 0.0114. The van der Waals surface area contributed by atoms with Gasteiger partial charge in [-0.15, -0.1) is 10.2 Å². The number of benzene rings is 2. The number of ketones is 1. The lowest BCUT2D eigenvalue weighted by Crippen LogP contribution is -2.21. The lowest BCUT2D eigenvalue weighted by atomic mass is 10.2. The summed E-state index contributed by atoms with van der Waals surface area (Å²) < 4.78 is 18.2. The summed E-state index contributed by atoms with van der Waals surface area (Å²) in [6, 6.07) is 14.9. The van der Waals surface area contributed by atoms with Gasteiger partial charge in [0.15, 0.2) is 17.3 Å². The Labute approximate surface area is 167 Å². The van der Waals surface area contributed by atoms with Crippen LogP contribution in [0.5, 0.6) is 11.5 Å². The molecule has 8 heteroatoms. The minimum atomic E-state index is -0.460. The number of nitrogens with zero attached hydrogens (tertiary/aromatic N) is 2. The van der Waals surface area contributed by atoms with Crippen LogP contribution in [0.4, 0.5) is 0 Å². The van der Waals surface area contributed by atoms with Crippen LogP contribution in [0.2, 0.25) is 0 Å². The first kappa shape index (κ1) is 17.3. The Kier molecular flexibility index (Phi) is 5.11. The van der Waals surface area contributed by atoms with Gasteiger partial charge in [-0.2, -0.15) is 0 Å². The Bertz CT molecular complexity index is 929. The highest BCUT2D eigenvalue weighted by Gasteiger charge is 2.27. The van der Waals surface area contributed by atoms with E-state index in [1.54, 1.807) is 0 Å². The van der Waals surface area contributed by atoms with Crippen LogP contribution < -0.4 is 9.47 Å². The molecule has 0 radical (unpaired) electrons. The van der Waals surface area contributed by atoms with Gasteiger partial charge < -0.3 is 13.9 Å². The second-order valence-electron chi connectivity index (χ2n) is 5.49. The van der Waals surface area contributed by atoms with E-state index in [1.165, 1.54) is 11.8 Å². The molecule has 2 heterocycles. The lowest BCUT2D eigenvalue weighted by Gasteiger charge is -2.23. The van der Waals surface area contributed by atoms with E-state index in [4.69, 9.17) is 13.9 Å². The molecule has 1 aliphatic heterocycles. The average molecular weight is 480 g/mol. The number of hydrogen-bond acceptors (Lipinski definition) is 7. The number of Topliss-reactive ketones (excluding diaryl/α,β-unsaturated/α-hetero) is 1. The van der Waals surface area contributed by atoms with Crippen molar-refractivity contribution < 1.29 is 18.7 Å². The van der Waals surface area contributed by atoms with E-state index in [2.05, 4.69) is 32.8 Å². The number of thioether (sulfide) groups is 1. The molecule has 132 valence electrons. The van der Waals surface area contributed by atoms with Crippen LogP contribution in [0, 0.1) is 3.57 Å². The summed E-state index contributed by atoms with van der Waals surface area (Å²) in [5.41, 5.74) is 0.665. The number of para-hydroxylation sites is 2. The number of ether oxygens (including phenoxy) is 2. The van der Waals surface area contributed by atoms with Gasteiger partial charge >= 0.3 is 0 Å². The van der Waals surface area contributed by atoms with E-state index in [0.29, 0.717) is 34.8 Å². The molecule has 0 saturated carbocycles. The molecule has 1 atom stereocenters. The van der Waals surface area contributed by atoms with Crippen molar-refractivity contribution in [3.63, 3.8) is 0 Å². The summed E-state index contributed by atoms with van der Waals surface area (Å²) in [6.07, 6.45) is -0.460. The van der Waals surface area contributed by atoms with Crippen LogP contribution in [0.1, 0.15) is 22.4 Å². The maximum absolute atomic E-state index is 12.2. The summed E-state index contributed by atoms with van der Waals surface area (Å²) in [5, 5.41) is 8.34. The van der Waals surface area contributed by atoms with Gasteiger partial charge in [-0.3, -0.25) is 4.79 Å². The van der Waals surface area contributed by atoms with Crippen molar-refractivity contribution in [3.05, 3.63) is 63.6 Å². The number of aromatic nitrogens is 2. The predicted molar refractivity (Wildman–Crippen MR) is 104 cm³/mol. The quantitative estimate of drug-likeness (QED) is 0.309. The third-order valence-corrected chi connectivity index (χ3v) is 5.24. The zero-order valence-corrected chi connectivity index (χ0v) is 16.4. The highest BCUT2D eigenvalue weighted by molar-refractivity contribution is 14.1. The van der Waals surface area contributed by atoms with E-state index < -0.39 is 6.10 Å². The molecule has 0 aliphatic carbocycles. The second kappa shape index (κ2) is 7.67. The van der Waals surface area contributed by atoms with E-state index in [9.17, 15) is 4.79 Å². The van der Waals surface area contributed by atoms with Crippen molar-refractivity contribution in [2.75, 3.05) is 12.4 Å². The Morgan fingerprint density at radius 1 is 1.12 bits per heavy atom. The highest BCUT2D eigenvalue weighted by atomic mass is 127. The fourth-order valence-electron chi connectivity index (χ4n) is 2.40. The molecule has 0 fully saturated rings. The van der Waals surface area contributed by atoms with Gasteiger partial charge in [0.2, 0.25) is 6.10 Å². The molecule has 3 aromatic rings. The Balaban J connectivity index is 1.38. The van der Waals surface area contributed by atoms with Crippen molar-refractivity contribution >= 4 is 40.1 Å². The maximum Gasteiger partial charge on any atom is 0.277 e. The third-order valence-electron chi connectivity index (χ3n) is 3.70. The van der Waals surface area contributed by atoms with Gasteiger partial charge in [-0.1, -0.05) is 36.0 Å². The van der Waals surface area contributed by atoms with Gasteiger partial charge in [-0.05, 0) is 46.9 Å².